The van der Waals surface area contributed by atoms with Crippen molar-refractivity contribution < 1.29 is 4.79 Å². The Labute approximate surface area is 123 Å². The molecule has 1 aliphatic rings. The minimum Gasteiger partial charge on any atom is -0.347 e. The SMILES string of the molecule is CCn1cnnc1CNC(=O)C1NCCc2ccccc21. The Balaban J connectivity index is 1.69. The summed E-state index contributed by atoms with van der Waals surface area (Å²) in [6, 6.07) is 7.81. The third-order valence-electron chi connectivity index (χ3n) is 3.83. The number of hydrogen-bond donors (Lipinski definition) is 2. The van der Waals surface area contributed by atoms with E-state index in [1.807, 2.05) is 29.7 Å². The summed E-state index contributed by atoms with van der Waals surface area (Å²) in [5.74, 6) is 0.753. The summed E-state index contributed by atoms with van der Waals surface area (Å²) in [6.07, 6.45) is 2.64. The molecule has 0 saturated heterocycles. The van der Waals surface area contributed by atoms with Gasteiger partial charge < -0.3 is 15.2 Å². The Morgan fingerprint density at radius 3 is 3.19 bits per heavy atom. The lowest BCUT2D eigenvalue weighted by atomic mass is 9.94. The van der Waals surface area contributed by atoms with Crippen molar-refractivity contribution in [3.63, 3.8) is 0 Å². The molecular formula is C15H19N5O. The van der Waals surface area contributed by atoms with Gasteiger partial charge in [0.15, 0.2) is 5.82 Å². The molecule has 1 aliphatic heterocycles. The standard InChI is InChI=1S/C15H19N5O/c1-2-20-10-18-19-13(20)9-17-15(21)14-12-6-4-3-5-11(12)7-8-16-14/h3-6,10,14,16H,2,7-9H2,1H3,(H,17,21). The van der Waals surface area contributed by atoms with E-state index in [-0.39, 0.29) is 11.9 Å². The van der Waals surface area contributed by atoms with Gasteiger partial charge in [0, 0.05) is 13.1 Å². The van der Waals surface area contributed by atoms with E-state index < -0.39 is 0 Å². The molecule has 21 heavy (non-hydrogen) atoms. The molecule has 2 heterocycles. The predicted molar refractivity (Wildman–Crippen MR) is 78.4 cm³/mol. The molecular weight excluding hydrogens is 266 g/mol. The van der Waals surface area contributed by atoms with Crippen LogP contribution in [-0.2, 0) is 24.3 Å². The average molecular weight is 285 g/mol. The molecule has 0 radical (unpaired) electrons. The van der Waals surface area contributed by atoms with Gasteiger partial charge in [0.05, 0.1) is 6.54 Å². The highest BCUT2D eigenvalue weighted by Crippen LogP contribution is 2.22. The third kappa shape index (κ3) is 2.80. The van der Waals surface area contributed by atoms with Crippen LogP contribution in [0, 0.1) is 0 Å². The number of hydrogen-bond acceptors (Lipinski definition) is 4. The Morgan fingerprint density at radius 2 is 2.33 bits per heavy atom. The Morgan fingerprint density at radius 1 is 1.48 bits per heavy atom. The van der Waals surface area contributed by atoms with Crippen LogP contribution in [0.15, 0.2) is 30.6 Å². The lowest BCUT2D eigenvalue weighted by Gasteiger charge is -2.25. The van der Waals surface area contributed by atoms with Gasteiger partial charge in [-0.1, -0.05) is 24.3 Å². The lowest BCUT2D eigenvalue weighted by molar-refractivity contribution is -0.123. The molecule has 3 rings (SSSR count). The first kappa shape index (κ1) is 13.8. The van der Waals surface area contributed by atoms with Crippen LogP contribution in [0.5, 0.6) is 0 Å². The van der Waals surface area contributed by atoms with Gasteiger partial charge in [0.25, 0.3) is 0 Å². The molecule has 0 spiro atoms. The smallest absolute Gasteiger partial charge is 0.242 e. The Kier molecular flexibility index (Phi) is 3.96. The van der Waals surface area contributed by atoms with E-state index in [4.69, 9.17) is 0 Å². The van der Waals surface area contributed by atoms with Crippen molar-refractivity contribution in [2.24, 2.45) is 0 Å². The predicted octanol–water partition coefficient (Wildman–Crippen LogP) is 0.801. The van der Waals surface area contributed by atoms with Gasteiger partial charge in [-0.05, 0) is 24.5 Å². The fourth-order valence-corrected chi connectivity index (χ4v) is 2.69. The van der Waals surface area contributed by atoms with E-state index in [2.05, 4.69) is 26.9 Å². The fourth-order valence-electron chi connectivity index (χ4n) is 2.69. The molecule has 110 valence electrons. The largest absolute Gasteiger partial charge is 0.347 e. The summed E-state index contributed by atoms with van der Waals surface area (Å²) in [4.78, 5) is 12.4. The molecule has 2 aromatic rings. The van der Waals surface area contributed by atoms with Crippen LogP contribution in [0.3, 0.4) is 0 Å². The summed E-state index contributed by atoms with van der Waals surface area (Å²) in [5, 5.41) is 14.1. The van der Waals surface area contributed by atoms with Crippen molar-refractivity contribution in [3.8, 4) is 0 Å². The second kappa shape index (κ2) is 6.05. The molecule has 0 saturated carbocycles. The molecule has 1 aromatic carbocycles. The maximum Gasteiger partial charge on any atom is 0.242 e. The minimum atomic E-state index is -0.284. The van der Waals surface area contributed by atoms with Gasteiger partial charge >= 0.3 is 0 Å². The van der Waals surface area contributed by atoms with Crippen LogP contribution >= 0.6 is 0 Å². The van der Waals surface area contributed by atoms with Crippen LogP contribution < -0.4 is 10.6 Å². The number of rotatable bonds is 4. The summed E-state index contributed by atoms with van der Waals surface area (Å²) in [7, 11) is 0. The van der Waals surface area contributed by atoms with Crippen LogP contribution in [0.25, 0.3) is 0 Å². The van der Waals surface area contributed by atoms with E-state index in [0.717, 1.165) is 30.9 Å². The van der Waals surface area contributed by atoms with Crippen LogP contribution in [0.1, 0.15) is 29.9 Å². The van der Waals surface area contributed by atoms with E-state index in [9.17, 15) is 4.79 Å². The third-order valence-corrected chi connectivity index (χ3v) is 3.83. The summed E-state index contributed by atoms with van der Waals surface area (Å²) in [5.41, 5.74) is 2.31. The first-order valence-corrected chi connectivity index (χ1v) is 7.25. The quantitative estimate of drug-likeness (QED) is 0.871. The monoisotopic (exact) mass is 285 g/mol. The van der Waals surface area contributed by atoms with Gasteiger partial charge in [-0.2, -0.15) is 0 Å². The fraction of sp³-hybridized carbons (Fsp3) is 0.400. The normalized spacial score (nSPS) is 17.3. The maximum absolute atomic E-state index is 12.4. The summed E-state index contributed by atoms with van der Waals surface area (Å²) >= 11 is 0. The number of aromatic nitrogens is 3. The average Bonchev–Trinajstić information content (AvgIpc) is 2.99. The van der Waals surface area contributed by atoms with Crippen molar-refractivity contribution in [2.45, 2.75) is 32.5 Å². The topological polar surface area (TPSA) is 71.8 Å². The second-order valence-corrected chi connectivity index (χ2v) is 5.09. The van der Waals surface area contributed by atoms with Crippen molar-refractivity contribution >= 4 is 5.91 Å². The number of carbonyl (C=O) groups is 1. The number of fused-ring (bicyclic) bond motifs is 1. The summed E-state index contributed by atoms with van der Waals surface area (Å²) in [6.45, 7) is 4.03. The molecule has 1 unspecified atom stereocenters. The van der Waals surface area contributed by atoms with Gasteiger partial charge in [0.1, 0.15) is 12.4 Å². The van der Waals surface area contributed by atoms with Gasteiger partial charge in [-0.3, -0.25) is 4.79 Å². The van der Waals surface area contributed by atoms with Crippen LogP contribution in [0.2, 0.25) is 0 Å². The first-order chi connectivity index (χ1) is 10.3. The zero-order valence-electron chi connectivity index (χ0n) is 12.0. The molecule has 0 aliphatic carbocycles. The zero-order chi connectivity index (χ0) is 14.7. The number of carbonyl (C=O) groups excluding carboxylic acids is 1. The number of nitrogens with zero attached hydrogens (tertiary/aromatic N) is 3. The molecule has 2 N–H and O–H groups in total. The second-order valence-electron chi connectivity index (χ2n) is 5.09. The van der Waals surface area contributed by atoms with Gasteiger partial charge in [-0.15, -0.1) is 10.2 Å². The van der Waals surface area contributed by atoms with E-state index in [1.54, 1.807) is 6.33 Å². The number of benzene rings is 1. The Bertz CT molecular complexity index is 636. The van der Waals surface area contributed by atoms with E-state index in [1.165, 1.54) is 5.56 Å². The molecule has 6 nitrogen and oxygen atoms in total. The molecule has 0 bridgehead atoms. The molecule has 6 heteroatoms. The lowest BCUT2D eigenvalue weighted by Crippen LogP contribution is -2.41. The molecule has 1 atom stereocenters. The summed E-state index contributed by atoms with van der Waals surface area (Å²) < 4.78 is 1.92. The zero-order valence-corrected chi connectivity index (χ0v) is 12.0. The number of nitrogens with one attached hydrogen (secondary N) is 2. The van der Waals surface area contributed by atoms with Crippen molar-refractivity contribution in [1.29, 1.82) is 0 Å². The first-order valence-electron chi connectivity index (χ1n) is 7.25. The van der Waals surface area contributed by atoms with Crippen molar-refractivity contribution in [2.75, 3.05) is 6.54 Å². The molecule has 1 amide bonds. The molecule has 1 aromatic heterocycles. The van der Waals surface area contributed by atoms with Crippen LogP contribution in [-0.4, -0.2) is 27.2 Å². The van der Waals surface area contributed by atoms with Crippen molar-refractivity contribution in [3.05, 3.63) is 47.5 Å². The van der Waals surface area contributed by atoms with Crippen LogP contribution in [0.4, 0.5) is 0 Å². The highest BCUT2D eigenvalue weighted by Gasteiger charge is 2.25. The molecule has 0 fully saturated rings. The minimum absolute atomic E-state index is 0.0206. The van der Waals surface area contributed by atoms with E-state index in [0.29, 0.717) is 6.54 Å². The van der Waals surface area contributed by atoms with E-state index >= 15 is 0 Å². The van der Waals surface area contributed by atoms with Gasteiger partial charge in [0.2, 0.25) is 5.91 Å². The van der Waals surface area contributed by atoms with Crippen molar-refractivity contribution in [1.82, 2.24) is 25.4 Å². The maximum atomic E-state index is 12.4. The Hall–Kier alpha value is -2.21. The highest BCUT2D eigenvalue weighted by molar-refractivity contribution is 5.83. The van der Waals surface area contributed by atoms with Gasteiger partial charge in [-0.25, -0.2) is 0 Å². The highest BCUT2D eigenvalue weighted by atomic mass is 16.2. The number of amides is 1. The number of aryl methyl sites for hydroxylation is 1.